The summed E-state index contributed by atoms with van der Waals surface area (Å²) in [7, 11) is 3.21. The van der Waals surface area contributed by atoms with Crippen LogP contribution in [0.1, 0.15) is 41.6 Å². The van der Waals surface area contributed by atoms with Crippen LogP contribution in [0.3, 0.4) is 0 Å². The molecule has 29 heavy (non-hydrogen) atoms. The van der Waals surface area contributed by atoms with E-state index in [1.54, 1.807) is 14.2 Å². The lowest BCUT2D eigenvalue weighted by Gasteiger charge is -2.23. The number of hydrogen-bond acceptors (Lipinski definition) is 6. The molecule has 0 N–H and O–H groups in total. The van der Waals surface area contributed by atoms with Gasteiger partial charge in [-0.3, -0.25) is 4.79 Å². The number of methoxy groups -OCH3 is 2. The number of aryl methyl sites for hydroxylation is 2. The van der Waals surface area contributed by atoms with Gasteiger partial charge >= 0.3 is 0 Å². The van der Waals surface area contributed by atoms with Crippen molar-refractivity contribution in [3.05, 3.63) is 53.3 Å². The molecule has 0 saturated carbocycles. The van der Waals surface area contributed by atoms with Gasteiger partial charge in [0.1, 0.15) is 18.0 Å². The number of carbonyl (C=O) groups is 1. The summed E-state index contributed by atoms with van der Waals surface area (Å²) in [6, 6.07) is 9.78. The lowest BCUT2D eigenvalue weighted by atomic mass is 10.1. The zero-order valence-corrected chi connectivity index (χ0v) is 17.4. The van der Waals surface area contributed by atoms with Crippen LogP contribution in [0.25, 0.3) is 0 Å². The van der Waals surface area contributed by atoms with Gasteiger partial charge in [0.05, 0.1) is 12.3 Å². The number of aldehydes is 1. The second-order valence-corrected chi connectivity index (χ2v) is 7.44. The summed E-state index contributed by atoms with van der Waals surface area (Å²) >= 11 is 0. The minimum absolute atomic E-state index is 0.224. The molecule has 1 fully saturated rings. The number of carbonyl (C=O) groups excluding carboxylic acids is 1. The van der Waals surface area contributed by atoms with Crippen LogP contribution in [0.5, 0.6) is 5.75 Å². The van der Waals surface area contributed by atoms with Crippen molar-refractivity contribution in [1.29, 1.82) is 0 Å². The second kappa shape index (κ2) is 9.54. The molecular formula is C22H29NO6. The quantitative estimate of drug-likeness (QED) is 0.448. The third-order valence-corrected chi connectivity index (χ3v) is 4.99. The van der Waals surface area contributed by atoms with Crippen LogP contribution in [-0.2, 0) is 31.9 Å². The normalized spacial score (nSPS) is 19.2. The van der Waals surface area contributed by atoms with Gasteiger partial charge in [-0.15, -0.1) is 0 Å². The summed E-state index contributed by atoms with van der Waals surface area (Å²) in [5.41, 5.74) is 2.57. The van der Waals surface area contributed by atoms with Crippen molar-refractivity contribution in [2.45, 2.75) is 44.8 Å². The molecule has 2 heterocycles. The predicted octanol–water partition coefficient (Wildman–Crippen LogP) is 3.37. The van der Waals surface area contributed by atoms with E-state index < -0.39 is 5.79 Å². The third kappa shape index (κ3) is 5.25. The number of nitrogens with zero attached hydrogens (tertiary/aromatic N) is 1. The number of ether oxygens (including phenoxy) is 5. The Kier molecular flexibility index (Phi) is 7.08. The molecule has 2 atom stereocenters. The Morgan fingerprint density at radius 3 is 2.59 bits per heavy atom. The van der Waals surface area contributed by atoms with Crippen LogP contribution in [0.2, 0.25) is 0 Å². The van der Waals surface area contributed by atoms with Crippen LogP contribution < -0.4 is 4.74 Å². The summed E-state index contributed by atoms with van der Waals surface area (Å²) in [4.78, 5) is 11.9. The van der Waals surface area contributed by atoms with Crippen molar-refractivity contribution in [1.82, 2.24) is 4.57 Å². The van der Waals surface area contributed by atoms with Crippen LogP contribution >= 0.6 is 0 Å². The largest absolute Gasteiger partial charge is 0.468 e. The van der Waals surface area contributed by atoms with Gasteiger partial charge in [-0.2, -0.15) is 0 Å². The molecule has 1 aromatic heterocycles. The zero-order chi connectivity index (χ0) is 20.9. The summed E-state index contributed by atoms with van der Waals surface area (Å²) < 4.78 is 29.5. The van der Waals surface area contributed by atoms with Crippen molar-refractivity contribution in [2.75, 3.05) is 27.6 Å². The fourth-order valence-electron chi connectivity index (χ4n) is 3.55. The molecule has 0 spiro atoms. The summed E-state index contributed by atoms with van der Waals surface area (Å²) in [6.45, 7) is 5.07. The van der Waals surface area contributed by atoms with Crippen molar-refractivity contribution in [2.24, 2.45) is 0 Å². The maximum atomic E-state index is 11.9. The minimum Gasteiger partial charge on any atom is -0.468 e. The first kappa shape index (κ1) is 21.5. The molecule has 0 amide bonds. The first-order valence-electron chi connectivity index (χ1n) is 9.67. The van der Waals surface area contributed by atoms with Crippen molar-refractivity contribution < 1.29 is 28.5 Å². The lowest BCUT2D eigenvalue weighted by molar-refractivity contribution is -0.154. The maximum absolute atomic E-state index is 11.9. The lowest BCUT2D eigenvalue weighted by Crippen LogP contribution is -2.27. The Hall–Kier alpha value is -2.19. The molecule has 1 aromatic carbocycles. The molecule has 1 aliphatic heterocycles. The van der Waals surface area contributed by atoms with E-state index in [4.69, 9.17) is 23.7 Å². The molecule has 2 aromatic rings. The van der Waals surface area contributed by atoms with E-state index in [1.807, 2.05) is 54.9 Å². The molecule has 0 bridgehead atoms. The van der Waals surface area contributed by atoms with E-state index in [0.717, 1.165) is 29.6 Å². The average Bonchev–Trinajstić information content (AvgIpc) is 3.29. The van der Waals surface area contributed by atoms with E-state index in [1.165, 1.54) is 0 Å². The third-order valence-electron chi connectivity index (χ3n) is 4.99. The molecule has 1 unspecified atom stereocenters. The molecule has 0 radical (unpaired) electrons. The zero-order valence-electron chi connectivity index (χ0n) is 17.4. The fraction of sp³-hybridized carbons (Fsp3) is 0.500. The topological polar surface area (TPSA) is 68.2 Å². The standard InChI is InChI=1S/C22H29NO6/c1-22(2)28-14-20(29-22)21(26-4)18-10-12-23(19(18)13-24)11-9-16-5-7-17(8-6-16)27-15-25-3/h5-8,10,12-13,20-21H,9,11,14-15H2,1-4H3/t20?,21-/m1/s1. The van der Waals surface area contributed by atoms with Gasteiger partial charge in [-0.25, -0.2) is 0 Å². The van der Waals surface area contributed by atoms with E-state index in [0.29, 0.717) is 18.8 Å². The van der Waals surface area contributed by atoms with Gasteiger partial charge in [0.25, 0.3) is 0 Å². The molecule has 0 aliphatic carbocycles. The molecule has 1 aliphatic rings. The number of rotatable bonds is 10. The molecule has 3 rings (SSSR count). The van der Waals surface area contributed by atoms with Crippen LogP contribution in [-0.4, -0.2) is 50.4 Å². The number of aromatic nitrogens is 1. The highest BCUT2D eigenvalue weighted by Gasteiger charge is 2.39. The highest BCUT2D eigenvalue weighted by Crippen LogP contribution is 2.34. The Balaban J connectivity index is 1.68. The monoisotopic (exact) mass is 403 g/mol. The SMILES string of the molecule is COCOc1ccc(CCn2ccc([C@@H](OC)C3COC(C)(C)O3)c2C=O)cc1. The van der Waals surface area contributed by atoms with Gasteiger partial charge < -0.3 is 28.3 Å². The van der Waals surface area contributed by atoms with Crippen molar-refractivity contribution in [3.63, 3.8) is 0 Å². The van der Waals surface area contributed by atoms with E-state index in [2.05, 4.69) is 0 Å². The Bertz CT molecular complexity index is 798. The van der Waals surface area contributed by atoms with Crippen LogP contribution in [0, 0.1) is 0 Å². The first-order valence-corrected chi connectivity index (χ1v) is 9.67. The first-order chi connectivity index (χ1) is 14.0. The van der Waals surface area contributed by atoms with E-state index in [9.17, 15) is 4.79 Å². The minimum atomic E-state index is -0.648. The van der Waals surface area contributed by atoms with Gasteiger partial charge in [0.15, 0.2) is 18.9 Å². The predicted molar refractivity (Wildman–Crippen MR) is 107 cm³/mol. The van der Waals surface area contributed by atoms with E-state index in [-0.39, 0.29) is 19.0 Å². The van der Waals surface area contributed by atoms with E-state index >= 15 is 0 Å². The number of hydrogen-bond donors (Lipinski definition) is 0. The van der Waals surface area contributed by atoms with Gasteiger partial charge in [0.2, 0.25) is 0 Å². The molecule has 7 nitrogen and oxygen atoms in total. The maximum Gasteiger partial charge on any atom is 0.188 e. The molecular weight excluding hydrogens is 374 g/mol. The fourth-order valence-corrected chi connectivity index (χ4v) is 3.55. The van der Waals surface area contributed by atoms with Gasteiger partial charge in [-0.05, 0) is 44.0 Å². The molecule has 158 valence electrons. The highest BCUT2D eigenvalue weighted by molar-refractivity contribution is 5.75. The summed E-state index contributed by atoms with van der Waals surface area (Å²) in [6.07, 6.45) is 2.96. The summed E-state index contributed by atoms with van der Waals surface area (Å²) in [5, 5.41) is 0. The Morgan fingerprint density at radius 1 is 1.24 bits per heavy atom. The second-order valence-electron chi connectivity index (χ2n) is 7.44. The van der Waals surface area contributed by atoms with Crippen LogP contribution in [0.4, 0.5) is 0 Å². The molecule has 7 heteroatoms. The Labute approximate surface area is 171 Å². The highest BCUT2D eigenvalue weighted by atomic mass is 16.7. The van der Waals surface area contributed by atoms with Crippen LogP contribution in [0.15, 0.2) is 36.5 Å². The smallest absolute Gasteiger partial charge is 0.188 e. The average molecular weight is 403 g/mol. The Morgan fingerprint density at radius 2 is 2.00 bits per heavy atom. The molecule has 1 saturated heterocycles. The number of benzene rings is 1. The van der Waals surface area contributed by atoms with Gasteiger partial charge in [0, 0.05) is 32.5 Å². The van der Waals surface area contributed by atoms with Crippen molar-refractivity contribution >= 4 is 6.29 Å². The van der Waals surface area contributed by atoms with Crippen molar-refractivity contribution in [3.8, 4) is 5.75 Å². The van der Waals surface area contributed by atoms with Gasteiger partial charge in [-0.1, -0.05) is 12.1 Å². The summed E-state index contributed by atoms with van der Waals surface area (Å²) in [5.74, 6) is 0.113.